The lowest BCUT2D eigenvalue weighted by Crippen LogP contribution is -2.14. The Bertz CT molecular complexity index is 1240. The maximum atomic E-state index is 12.4. The molecule has 0 fully saturated rings. The number of rotatable bonds is 7. The summed E-state index contributed by atoms with van der Waals surface area (Å²) in [5.41, 5.74) is 2.39. The fourth-order valence-electron chi connectivity index (χ4n) is 2.98. The summed E-state index contributed by atoms with van der Waals surface area (Å²) in [6.07, 6.45) is 0. The number of thioether (sulfide) groups is 1. The normalized spacial score (nSPS) is 10.7. The molecular weight excluding hydrogens is 448 g/mol. The van der Waals surface area contributed by atoms with Crippen LogP contribution in [0.4, 0.5) is 5.69 Å². The van der Waals surface area contributed by atoms with Gasteiger partial charge in [-0.25, -0.2) is 4.79 Å². The number of carbonyl (C=O) groups is 2. The number of carboxylic acid groups (broad SMARTS) is 1. The van der Waals surface area contributed by atoms with Crippen LogP contribution in [0.25, 0.3) is 17.1 Å². The zero-order valence-electron chi connectivity index (χ0n) is 16.6. The Morgan fingerprint density at radius 3 is 2.28 bits per heavy atom. The number of anilines is 1. The van der Waals surface area contributed by atoms with Crippen LogP contribution in [0.3, 0.4) is 0 Å². The van der Waals surface area contributed by atoms with E-state index < -0.39 is 5.97 Å². The fourth-order valence-corrected chi connectivity index (χ4v) is 3.86. The molecule has 0 radical (unpaired) electrons. The number of hydrogen-bond donors (Lipinski definition) is 2. The van der Waals surface area contributed by atoms with Crippen LogP contribution in [-0.2, 0) is 4.79 Å². The summed E-state index contributed by atoms with van der Waals surface area (Å²) in [6.45, 7) is 0. The molecule has 4 rings (SSSR count). The molecule has 0 unspecified atom stereocenters. The van der Waals surface area contributed by atoms with Gasteiger partial charge < -0.3 is 10.4 Å². The van der Waals surface area contributed by atoms with Crippen molar-refractivity contribution in [3.63, 3.8) is 0 Å². The minimum atomic E-state index is -1.02. The number of hydrogen-bond acceptors (Lipinski definition) is 5. The number of benzene rings is 3. The van der Waals surface area contributed by atoms with Crippen LogP contribution in [0, 0.1) is 0 Å². The Morgan fingerprint density at radius 1 is 0.938 bits per heavy atom. The lowest BCUT2D eigenvalue weighted by Gasteiger charge is -2.10. The van der Waals surface area contributed by atoms with Crippen molar-refractivity contribution in [1.82, 2.24) is 14.8 Å². The van der Waals surface area contributed by atoms with Gasteiger partial charge in [-0.1, -0.05) is 41.6 Å². The van der Waals surface area contributed by atoms with E-state index in [2.05, 4.69) is 15.5 Å². The van der Waals surface area contributed by atoms with Gasteiger partial charge in [-0.3, -0.25) is 9.36 Å². The Morgan fingerprint density at radius 2 is 1.62 bits per heavy atom. The van der Waals surface area contributed by atoms with Gasteiger partial charge in [0.2, 0.25) is 5.91 Å². The first kappa shape index (κ1) is 21.6. The van der Waals surface area contributed by atoms with Gasteiger partial charge in [0, 0.05) is 22.0 Å². The first-order valence-electron chi connectivity index (χ1n) is 9.54. The van der Waals surface area contributed by atoms with Gasteiger partial charge in [0.15, 0.2) is 11.0 Å². The zero-order valence-corrected chi connectivity index (χ0v) is 18.2. The topological polar surface area (TPSA) is 97.1 Å². The highest BCUT2D eigenvalue weighted by Crippen LogP contribution is 2.28. The quantitative estimate of drug-likeness (QED) is 0.373. The van der Waals surface area contributed by atoms with Crippen LogP contribution >= 0.6 is 23.4 Å². The number of halogens is 1. The highest BCUT2D eigenvalue weighted by atomic mass is 35.5. The summed E-state index contributed by atoms with van der Waals surface area (Å²) in [7, 11) is 0. The molecule has 160 valence electrons. The molecule has 0 saturated carbocycles. The molecule has 2 N–H and O–H groups in total. The second-order valence-corrected chi connectivity index (χ2v) is 8.08. The van der Waals surface area contributed by atoms with E-state index in [0.717, 1.165) is 11.3 Å². The van der Waals surface area contributed by atoms with Crippen LogP contribution in [-0.4, -0.2) is 37.5 Å². The molecule has 3 aromatic carbocycles. The molecule has 0 spiro atoms. The van der Waals surface area contributed by atoms with Crippen molar-refractivity contribution in [2.45, 2.75) is 5.16 Å². The molecule has 0 saturated heterocycles. The molecule has 7 nitrogen and oxygen atoms in total. The van der Waals surface area contributed by atoms with Crippen molar-refractivity contribution in [3.05, 3.63) is 89.4 Å². The van der Waals surface area contributed by atoms with Crippen molar-refractivity contribution in [3.8, 4) is 17.1 Å². The lowest BCUT2D eigenvalue weighted by molar-refractivity contribution is -0.113. The summed E-state index contributed by atoms with van der Waals surface area (Å²) in [4.78, 5) is 23.4. The molecule has 0 aliphatic heterocycles. The van der Waals surface area contributed by atoms with Gasteiger partial charge in [-0.05, 0) is 60.7 Å². The number of nitrogens with zero attached hydrogens (tertiary/aromatic N) is 3. The zero-order chi connectivity index (χ0) is 22.5. The molecule has 1 aromatic heterocycles. The Kier molecular flexibility index (Phi) is 6.53. The minimum absolute atomic E-state index is 0.103. The Hall–Kier alpha value is -3.62. The third-order valence-electron chi connectivity index (χ3n) is 4.50. The van der Waals surface area contributed by atoms with E-state index in [9.17, 15) is 9.59 Å². The number of para-hydroxylation sites is 1. The third-order valence-corrected chi connectivity index (χ3v) is 5.68. The summed E-state index contributed by atoms with van der Waals surface area (Å²) >= 11 is 7.27. The standard InChI is InChI=1S/C23H17ClN4O3S/c24-17-10-6-15(7-11-17)21-26-27-23(28(21)19-4-2-1-3-5-19)32-14-20(29)25-18-12-8-16(9-13-18)22(30)31/h1-13H,14H2,(H,25,29)(H,30,31). The maximum Gasteiger partial charge on any atom is 0.335 e. The lowest BCUT2D eigenvalue weighted by atomic mass is 10.2. The molecule has 4 aromatic rings. The number of aromatic nitrogens is 3. The van der Waals surface area contributed by atoms with Crippen LogP contribution in [0.2, 0.25) is 5.02 Å². The molecule has 9 heteroatoms. The second kappa shape index (κ2) is 9.67. The highest BCUT2D eigenvalue weighted by Gasteiger charge is 2.17. The second-order valence-electron chi connectivity index (χ2n) is 6.70. The highest BCUT2D eigenvalue weighted by molar-refractivity contribution is 7.99. The first-order valence-corrected chi connectivity index (χ1v) is 10.9. The van der Waals surface area contributed by atoms with Gasteiger partial charge >= 0.3 is 5.97 Å². The summed E-state index contributed by atoms with van der Waals surface area (Å²) < 4.78 is 1.89. The number of amides is 1. The van der Waals surface area contributed by atoms with Gasteiger partial charge in [-0.15, -0.1) is 10.2 Å². The molecular formula is C23H17ClN4O3S. The maximum absolute atomic E-state index is 12.4. The van der Waals surface area contributed by atoms with Crippen LogP contribution in [0.1, 0.15) is 10.4 Å². The van der Waals surface area contributed by atoms with Crippen molar-refractivity contribution < 1.29 is 14.7 Å². The van der Waals surface area contributed by atoms with Gasteiger partial charge in [0.25, 0.3) is 0 Å². The van der Waals surface area contributed by atoms with E-state index in [1.165, 1.54) is 23.9 Å². The SMILES string of the molecule is O=C(CSc1nnc(-c2ccc(Cl)cc2)n1-c1ccccc1)Nc1ccc(C(=O)O)cc1. The average Bonchev–Trinajstić information content (AvgIpc) is 3.23. The third kappa shape index (κ3) is 4.99. The van der Waals surface area contributed by atoms with Crippen LogP contribution < -0.4 is 5.32 Å². The number of aromatic carboxylic acids is 1. The minimum Gasteiger partial charge on any atom is -0.478 e. The predicted molar refractivity (Wildman–Crippen MR) is 125 cm³/mol. The Labute approximate surface area is 193 Å². The summed E-state index contributed by atoms with van der Waals surface area (Å²) in [5.74, 6) is -0.518. The number of carbonyl (C=O) groups excluding carboxylic acids is 1. The molecule has 32 heavy (non-hydrogen) atoms. The molecule has 0 aliphatic carbocycles. The van der Waals surface area contributed by atoms with Crippen molar-refractivity contribution in [2.24, 2.45) is 0 Å². The number of nitrogens with one attached hydrogen (secondary N) is 1. The van der Waals surface area contributed by atoms with Gasteiger partial charge in [0.1, 0.15) is 0 Å². The monoisotopic (exact) mass is 464 g/mol. The van der Waals surface area contributed by atoms with Crippen LogP contribution in [0.15, 0.2) is 84.0 Å². The van der Waals surface area contributed by atoms with Gasteiger partial charge in [-0.2, -0.15) is 0 Å². The van der Waals surface area contributed by atoms with E-state index in [1.54, 1.807) is 24.3 Å². The largest absolute Gasteiger partial charge is 0.478 e. The van der Waals surface area contributed by atoms with E-state index in [1.807, 2.05) is 47.0 Å². The van der Waals surface area contributed by atoms with Crippen molar-refractivity contribution in [1.29, 1.82) is 0 Å². The smallest absolute Gasteiger partial charge is 0.335 e. The van der Waals surface area contributed by atoms with Crippen molar-refractivity contribution >= 4 is 40.9 Å². The fraction of sp³-hybridized carbons (Fsp3) is 0.0435. The molecule has 1 amide bonds. The van der Waals surface area contributed by atoms with E-state index >= 15 is 0 Å². The van der Waals surface area contributed by atoms with Crippen LogP contribution in [0.5, 0.6) is 0 Å². The number of carboxylic acids is 1. The van der Waals surface area contributed by atoms with E-state index in [4.69, 9.17) is 16.7 Å². The predicted octanol–water partition coefficient (Wildman–Crippen LogP) is 5.02. The summed E-state index contributed by atoms with van der Waals surface area (Å²) in [6, 6.07) is 22.9. The van der Waals surface area contributed by atoms with Crippen molar-refractivity contribution in [2.75, 3.05) is 11.1 Å². The molecule has 0 atom stereocenters. The molecule has 1 heterocycles. The van der Waals surface area contributed by atoms with Gasteiger partial charge in [0.05, 0.1) is 11.3 Å². The first-order chi connectivity index (χ1) is 15.5. The van der Waals surface area contributed by atoms with E-state index in [0.29, 0.717) is 21.7 Å². The Balaban J connectivity index is 1.53. The van der Waals surface area contributed by atoms with E-state index in [-0.39, 0.29) is 17.2 Å². The molecule has 0 aliphatic rings. The molecule has 0 bridgehead atoms. The average molecular weight is 465 g/mol. The summed E-state index contributed by atoms with van der Waals surface area (Å²) in [5, 5.41) is 21.6.